The van der Waals surface area contributed by atoms with Crippen LogP contribution in [-0.2, 0) is 10.0 Å². The van der Waals surface area contributed by atoms with Crippen molar-refractivity contribution in [2.45, 2.75) is 4.90 Å². The Kier molecular flexibility index (Phi) is 3.53. The van der Waals surface area contributed by atoms with E-state index in [1.54, 1.807) is 18.3 Å². The maximum Gasteiger partial charge on any atom is 0.339 e. The summed E-state index contributed by atoms with van der Waals surface area (Å²) in [5.74, 6) is -1.84. The van der Waals surface area contributed by atoms with E-state index in [0.717, 1.165) is 24.3 Å². The molecule has 0 bridgehead atoms. The van der Waals surface area contributed by atoms with Gasteiger partial charge in [0.05, 0.1) is 16.1 Å². The first kappa shape index (κ1) is 15.0. The number of hydrogen-bond acceptors (Lipinski definition) is 3. The molecule has 0 saturated heterocycles. The number of hydrogen-bond donors (Lipinski definition) is 3. The molecule has 0 aliphatic rings. The lowest BCUT2D eigenvalue weighted by Gasteiger charge is -2.11. The molecule has 0 saturated carbocycles. The molecule has 0 radical (unpaired) electrons. The van der Waals surface area contributed by atoms with Crippen molar-refractivity contribution < 1.29 is 22.7 Å². The number of sulfonamides is 1. The molecule has 0 aliphatic heterocycles. The van der Waals surface area contributed by atoms with Crippen LogP contribution in [0.4, 0.5) is 10.1 Å². The molecule has 8 heteroatoms. The first-order valence-electron chi connectivity index (χ1n) is 6.50. The number of H-pyrrole nitrogens is 1. The van der Waals surface area contributed by atoms with E-state index in [9.17, 15) is 22.7 Å². The first-order chi connectivity index (χ1) is 10.9. The first-order valence-corrected chi connectivity index (χ1v) is 7.98. The predicted octanol–water partition coefficient (Wildman–Crippen LogP) is 2.81. The van der Waals surface area contributed by atoms with Crippen molar-refractivity contribution in [3.8, 4) is 0 Å². The van der Waals surface area contributed by atoms with E-state index >= 15 is 0 Å². The summed E-state index contributed by atoms with van der Waals surface area (Å²) in [7, 11) is -4.03. The van der Waals surface area contributed by atoms with E-state index in [2.05, 4.69) is 9.71 Å². The molecule has 0 fully saturated rings. The Morgan fingerprint density at radius 1 is 1.09 bits per heavy atom. The van der Waals surface area contributed by atoms with Crippen LogP contribution in [0.1, 0.15) is 10.4 Å². The number of aromatic nitrogens is 1. The van der Waals surface area contributed by atoms with E-state index in [0.29, 0.717) is 10.9 Å². The number of nitrogens with one attached hydrogen (secondary N) is 2. The summed E-state index contributed by atoms with van der Waals surface area (Å²) in [6.07, 6.45) is 1.56. The van der Waals surface area contributed by atoms with Gasteiger partial charge in [0.1, 0.15) is 11.4 Å². The van der Waals surface area contributed by atoms with Gasteiger partial charge >= 0.3 is 5.97 Å². The third-order valence-corrected chi connectivity index (χ3v) is 4.69. The fourth-order valence-electron chi connectivity index (χ4n) is 2.25. The molecule has 0 amide bonds. The van der Waals surface area contributed by atoms with Gasteiger partial charge < -0.3 is 10.1 Å². The molecule has 23 heavy (non-hydrogen) atoms. The monoisotopic (exact) mass is 334 g/mol. The smallest absolute Gasteiger partial charge is 0.339 e. The second kappa shape index (κ2) is 5.40. The minimum Gasteiger partial charge on any atom is -0.478 e. The molecule has 0 unspecified atom stereocenters. The number of fused-ring (bicyclic) bond motifs is 1. The third-order valence-electron chi connectivity index (χ3n) is 3.31. The van der Waals surface area contributed by atoms with Crippen molar-refractivity contribution in [3.05, 3.63) is 60.0 Å². The molecule has 0 spiro atoms. The maximum absolute atomic E-state index is 12.9. The van der Waals surface area contributed by atoms with Crippen molar-refractivity contribution in [1.82, 2.24) is 4.98 Å². The molecule has 1 heterocycles. The van der Waals surface area contributed by atoms with Crippen molar-refractivity contribution in [1.29, 1.82) is 0 Å². The molecule has 0 aliphatic carbocycles. The van der Waals surface area contributed by atoms with Crippen LogP contribution in [0.15, 0.2) is 53.6 Å². The van der Waals surface area contributed by atoms with E-state index in [4.69, 9.17) is 0 Å². The summed E-state index contributed by atoms with van der Waals surface area (Å²) in [5.41, 5.74) is 0.0618. The van der Waals surface area contributed by atoms with Crippen LogP contribution in [0.5, 0.6) is 0 Å². The van der Waals surface area contributed by atoms with Gasteiger partial charge in [0.25, 0.3) is 10.0 Å². The zero-order valence-corrected chi connectivity index (χ0v) is 12.4. The Morgan fingerprint density at radius 2 is 1.78 bits per heavy atom. The Hall–Kier alpha value is -2.87. The molecule has 0 atom stereocenters. The van der Waals surface area contributed by atoms with E-state index < -0.39 is 21.8 Å². The highest BCUT2D eigenvalue weighted by atomic mass is 32.2. The minimum atomic E-state index is -4.03. The summed E-state index contributed by atoms with van der Waals surface area (Å²) in [6.45, 7) is 0. The van der Waals surface area contributed by atoms with Crippen molar-refractivity contribution in [2.75, 3.05) is 4.72 Å². The molecule has 3 rings (SSSR count). The number of carbonyl (C=O) groups is 1. The zero-order valence-electron chi connectivity index (χ0n) is 11.6. The van der Waals surface area contributed by atoms with Crippen LogP contribution in [-0.4, -0.2) is 24.5 Å². The number of carboxylic acids is 1. The lowest BCUT2D eigenvalue weighted by Crippen LogP contribution is -2.15. The molecular weight excluding hydrogens is 323 g/mol. The van der Waals surface area contributed by atoms with E-state index in [1.807, 2.05) is 0 Å². The number of benzene rings is 2. The predicted molar refractivity (Wildman–Crippen MR) is 82.5 cm³/mol. The van der Waals surface area contributed by atoms with Crippen LogP contribution >= 0.6 is 0 Å². The standard InChI is InChI=1S/C15H11FN2O4S/c16-10-2-4-11(5-3-10)23(21,22)18-12-6-1-9-7-8-17-14(9)13(12)15(19)20/h1-8,17-18H,(H,19,20). The number of anilines is 1. The number of carboxylic acid groups (broad SMARTS) is 1. The van der Waals surface area contributed by atoms with Crippen molar-refractivity contribution in [3.63, 3.8) is 0 Å². The van der Waals surface area contributed by atoms with Crippen LogP contribution in [0.2, 0.25) is 0 Å². The zero-order chi connectivity index (χ0) is 16.6. The summed E-state index contributed by atoms with van der Waals surface area (Å²) in [6, 6.07) is 8.89. The highest BCUT2D eigenvalue weighted by Gasteiger charge is 2.21. The third kappa shape index (κ3) is 2.76. The Labute approximate surface area is 130 Å². The number of rotatable bonds is 4. The summed E-state index contributed by atoms with van der Waals surface area (Å²) < 4.78 is 39.8. The number of aromatic carboxylic acids is 1. The van der Waals surface area contributed by atoms with Gasteiger partial charge in [-0.1, -0.05) is 6.07 Å². The SMILES string of the molecule is O=C(O)c1c(NS(=O)(=O)c2ccc(F)cc2)ccc2cc[nH]c12. The average Bonchev–Trinajstić information content (AvgIpc) is 2.95. The Bertz CT molecular complexity index is 994. The molecule has 118 valence electrons. The molecule has 3 aromatic rings. The van der Waals surface area contributed by atoms with Gasteiger partial charge in [-0.25, -0.2) is 17.6 Å². The molecular formula is C15H11FN2O4S. The quantitative estimate of drug-likeness (QED) is 0.683. The van der Waals surface area contributed by atoms with Crippen LogP contribution in [0, 0.1) is 5.82 Å². The van der Waals surface area contributed by atoms with Gasteiger partial charge in [-0.3, -0.25) is 4.72 Å². The van der Waals surface area contributed by atoms with Gasteiger partial charge in [0, 0.05) is 11.6 Å². The second-order valence-electron chi connectivity index (χ2n) is 4.79. The molecule has 2 aromatic carbocycles. The summed E-state index contributed by atoms with van der Waals surface area (Å²) in [5, 5.41) is 10.0. The van der Waals surface area contributed by atoms with Gasteiger partial charge in [0.15, 0.2) is 0 Å². The largest absolute Gasteiger partial charge is 0.478 e. The summed E-state index contributed by atoms with van der Waals surface area (Å²) >= 11 is 0. The maximum atomic E-state index is 12.9. The Balaban J connectivity index is 2.09. The van der Waals surface area contributed by atoms with Crippen LogP contribution < -0.4 is 4.72 Å². The second-order valence-corrected chi connectivity index (χ2v) is 6.48. The molecule has 6 nitrogen and oxygen atoms in total. The van der Waals surface area contributed by atoms with Crippen LogP contribution in [0.25, 0.3) is 10.9 Å². The van der Waals surface area contributed by atoms with E-state index in [-0.39, 0.29) is 16.1 Å². The summed E-state index contributed by atoms with van der Waals surface area (Å²) in [4.78, 5) is 14.1. The fraction of sp³-hybridized carbons (Fsp3) is 0. The van der Waals surface area contributed by atoms with Gasteiger partial charge in [-0.15, -0.1) is 0 Å². The topological polar surface area (TPSA) is 99.3 Å². The van der Waals surface area contributed by atoms with Gasteiger partial charge in [-0.2, -0.15) is 0 Å². The van der Waals surface area contributed by atoms with Crippen molar-refractivity contribution in [2.24, 2.45) is 0 Å². The highest BCUT2D eigenvalue weighted by molar-refractivity contribution is 7.92. The molecule has 3 N–H and O–H groups in total. The van der Waals surface area contributed by atoms with Gasteiger partial charge in [0.2, 0.25) is 0 Å². The average molecular weight is 334 g/mol. The lowest BCUT2D eigenvalue weighted by atomic mass is 10.1. The molecule has 1 aromatic heterocycles. The Morgan fingerprint density at radius 3 is 2.43 bits per heavy atom. The minimum absolute atomic E-state index is 0.0724. The lowest BCUT2D eigenvalue weighted by molar-refractivity contribution is 0.0700. The normalized spacial score (nSPS) is 11.5. The fourth-order valence-corrected chi connectivity index (χ4v) is 3.32. The van der Waals surface area contributed by atoms with E-state index in [1.165, 1.54) is 6.07 Å². The van der Waals surface area contributed by atoms with Crippen molar-refractivity contribution >= 4 is 32.6 Å². The number of halogens is 1. The van der Waals surface area contributed by atoms with Gasteiger partial charge in [-0.05, 0) is 36.4 Å². The van der Waals surface area contributed by atoms with Crippen LogP contribution in [0.3, 0.4) is 0 Å². The highest BCUT2D eigenvalue weighted by Crippen LogP contribution is 2.27. The number of aromatic amines is 1.